The molecule has 0 radical (unpaired) electrons. The molecule has 1 atom stereocenters. The molecule has 1 heterocycles. The number of para-hydroxylation sites is 2. The molecule has 0 fully saturated rings. The summed E-state index contributed by atoms with van der Waals surface area (Å²) >= 11 is 0. The number of methoxy groups -OCH3 is 3. The minimum absolute atomic E-state index is 0.0475. The molecule has 4 N–H and O–H groups in total. The normalized spacial score (nSPS) is 12.1. The smallest absolute Gasteiger partial charge is 0.263 e. The molecule has 0 aliphatic carbocycles. The quantitative estimate of drug-likeness (QED) is 0.204. The van der Waals surface area contributed by atoms with Crippen molar-refractivity contribution >= 4 is 44.3 Å². The maximum absolute atomic E-state index is 13.5. The van der Waals surface area contributed by atoms with E-state index < -0.39 is 22.0 Å². The Bertz CT molecular complexity index is 1590. The number of hydrogen-bond acceptors (Lipinski definition) is 10. The largest absolute Gasteiger partial charge is 0.497 e. The minimum Gasteiger partial charge on any atom is -0.497 e. The highest BCUT2D eigenvalue weighted by Crippen LogP contribution is 2.32. The molecule has 0 aliphatic rings. The van der Waals surface area contributed by atoms with Crippen LogP contribution in [-0.2, 0) is 24.3 Å². The third-order valence-electron chi connectivity index (χ3n) is 5.72. The van der Waals surface area contributed by atoms with Gasteiger partial charge in [0.05, 0.1) is 43.4 Å². The number of hydrogen-bond donors (Lipinski definition) is 3. The van der Waals surface area contributed by atoms with Gasteiger partial charge in [0.15, 0.2) is 17.7 Å². The van der Waals surface area contributed by atoms with Crippen molar-refractivity contribution in [2.75, 3.05) is 44.6 Å². The Morgan fingerprint density at radius 2 is 1.52 bits per heavy atom. The van der Waals surface area contributed by atoms with Crippen LogP contribution < -0.4 is 25.2 Å². The average molecular weight is 568 g/mol. The van der Waals surface area contributed by atoms with Gasteiger partial charge in [-0.25, -0.2) is 18.4 Å². The maximum Gasteiger partial charge on any atom is 0.263 e. The van der Waals surface area contributed by atoms with Gasteiger partial charge in [0.1, 0.15) is 11.5 Å². The van der Waals surface area contributed by atoms with Gasteiger partial charge in [-0.1, -0.05) is 24.3 Å². The first-order valence-electron chi connectivity index (χ1n) is 12.0. The van der Waals surface area contributed by atoms with Gasteiger partial charge in [0.25, 0.3) is 15.9 Å². The highest BCUT2D eigenvalue weighted by Gasteiger charge is 2.24. The van der Waals surface area contributed by atoms with Crippen molar-refractivity contribution in [2.45, 2.75) is 11.0 Å². The van der Waals surface area contributed by atoms with Gasteiger partial charge < -0.3 is 30.0 Å². The molecule has 12 nitrogen and oxygen atoms in total. The van der Waals surface area contributed by atoms with Crippen molar-refractivity contribution in [1.29, 1.82) is 0 Å². The third kappa shape index (κ3) is 6.75. The SMILES string of the molecule is COCCOC(C(N)=O)c1cccc(S(=O)(=O)Nc2nc3ccccc3nc2Nc2cc(OC)cc(OC)c2)c1. The average Bonchev–Trinajstić information content (AvgIpc) is 2.95. The van der Waals surface area contributed by atoms with Crippen LogP contribution in [-0.4, -0.2) is 58.8 Å². The third-order valence-corrected chi connectivity index (χ3v) is 7.05. The van der Waals surface area contributed by atoms with Gasteiger partial charge in [-0.3, -0.25) is 9.52 Å². The molecule has 3 aromatic carbocycles. The Morgan fingerprint density at radius 1 is 0.875 bits per heavy atom. The lowest BCUT2D eigenvalue weighted by molar-refractivity contribution is -0.130. The molecule has 1 unspecified atom stereocenters. The lowest BCUT2D eigenvalue weighted by Gasteiger charge is -2.17. The Balaban J connectivity index is 1.71. The number of anilines is 3. The summed E-state index contributed by atoms with van der Waals surface area (Å²) in [6, 6.07) is 17.9. The van der Waals surface area contributed by atoms with Crippen LogP contribution in [0.2, 0.25) is 0 Å². The number of sulfonamides is 1. The fraction of sp³-hybridized carbons (Fsp3) is 0.222. The Labute approximate surface area is 231 Å². The van der Waals surface area contributed by atoms with Gasteiger partial charge in [-0.15, -0.1) is 0 Å². The second-order valence-corrected chi connectivity index (χ2v) is 10.1. The summed E-state index contributed by atoms with van der Waals surface area (Å²) in [5.41, 5.74) is 7.33. The van der Waals surface area contributed by atoms with E-state index in [1.165, 1.54) is 39.5 Å². The van der Waals surface area contributed by atoms with E-state index in [4.69, 9.17) is 24.7 Å². The van der Waals surface area contributed by atoms with Crippen molar-refractivity contribution in [3.05, 3.63) is 72.3 Å². The predicted molar refractivity (Wildman–Crippen MR) is 149 cm³/mol. The molecule has 1 aromatic heterocycles. The molecular weight excluding hydrogens is 538 g/mol. The standard InChI is InChI=1S/C27H29N5O7S/c1-36-11-12-39-24(25(28)33)17-7-6-8-21(13-17)40(34,35)32-27-26(30-22-9-4-5-10-23(22)31-27)29-18-14-19(37-2)16-20(15-18)38-3/h4-10,13-16,24H,11-12H2,1-3H3,(H2,28,33)(H,29,30)(H,31,32). The van der Waals surface area contributed by atoms with E-state index in [0.717, 1.165) is 0 Å². The molecule has 0 saturated heterocycles. The predicted octanol–water partition coefficient (Wildman–Crippen LogP) is 3.38. The Hall–Kier alpha value is -4.46. The molecule has 210 valence electrons. The van der Waals surface area contributed by atoms with Crippen molar-refractivity contribution < 1.29 is 32.2 Å². The van der Waals surface area contributed by atoms with Crippen LogP contribution in [0.1, 0.15) is 11.7 Å². The molecular formula is C27H29N5O7S. The second-order valence-electron chi connectivity index (χ2n) is 8.46. The fourth-order valence-electron chi connectivity index (χ4n) is 3.80. The number of carbonyl (C=O) groups is 1. The van der Waals surface area contributed by atoms with Gasteiger partial charge in [-0.05, 0) is 29.8 Å². The van der Waals surface area contributed by atoms with E-state index in [9.17, 15) is 13.2 Å². The van der Waals surface area contributed by atoms with Crippen molar-refractivity contribution in [1.82, 2.24) is 9.97 Å². The first-order chi connectivity index (χ1) is 19.2. The van der Waals surface area contributed by atoms with Crippen molar-refractivity contribution in [2.24, 2.45) is 5.73 Å². The van der Waals surface area contributed by atoms with Crippen molar-refractivity contribution in [3.8, 4) is 11.5 Å². The molecule has 1 amide bonds. The van der Waals surface area contributed by atoms with E-state index in [1.807, 2.05) is 0 Å². The minimum atomic E-state index is -4.20. The number of benzene rings is 3. The van der Waals surface area contributed by atoms with E-state index in [-0.39, 0.29) is 35.3 Å². The van der Waals surface area contributed by atoms with Crippen LogP contribution in [0.15, 0.2) is 71.6 Å². The molecule has 0 spiro atoms. The number of nitrogens with two attached hydrogens (primary N) is 1. The fourth-order valence-corrected chi connectivity index (χ4v) is 4.86. The zero-order valence-electron chi connectivity index (χ0n) is 22.1. The summed E-state index contributed by atoms with van der Waals surface area (Å²) in [7, 11) is 0.330. The Kier molecular flexibility index (Phi) is 8.99. The van der Waals surface area contributed by atoms with Crippen LogP contribution in [0.5, 0.6) is 11.5 Å². The second kappa shape index (κ2) is 12.6. The van der Waals surface area contributed by atoms with Crippen LogP contribution in [0.25, 0.3) is 11.0 Å². The number of nitrogens with one attached hydrogen (secondary N) is 2. The van der Waals surface area contributed by atoms with E-state index in [2.05, 4.69) is 20.0 Å². The number of nitrogens with zero attached hydrogens (tertiary/aromatic N) is 2. The van der Waals surface area contributed by atoms with Crippen molar-refractivity contribution in [3.63, 3.8) is 0 Å². The molecule has 4 aromatic rings. The lowest BCUT2D eigenvalue weighted by atomic mass is 10.1. The molecule has 0 bridgehead atoms. The molecule has 0 saturated carbocycles. The Morgan fingerprint density at radius 3 is 2.12 bits per heavy atom. The van der Waals surface area contributed by atoms with Crippen LogP contribution in [0.3, 0.4) is 0 Å². The summed E-state index contributed by atoms with van der Waals surface area (Å²) < 4.78 is 50.7. The zero-order chi connectivity index (χ0) is 28.7. The topological polar surface area (TPSA) is 164 Å². The maximum atomic E-state index is 13.5. The first kappa shape index (κ1) is 28.5. The zero-order valence-corrected chi connectivity index (χ0v) is 22.9. The first-order valence-corrected chi connectivity index (χ1v) is 13.5. The van der Waals surface area contributed by atoms with Gasteiger partial charge in [0.2, 0.25) is 0 Å². The summed E-state index contributed by atoms with van der Waals surface area (Å²) in [5, 5.41) is 3.11. The number of amides is 1. The molecule has 13 heteroatoms. The monoisotopic (exact) mass is 567 g/mol. The number of carbonyl (C=O) groups excluding carboxylic acids is 1. The van der Waals surface area contributed by atoms with Crippen LogP contribution in [0, 0.1) is 0 Å². The molecule has 0 aliphatic heterocycles. The summed E-state index contributed by atoms with van der Waals surface area (Å²) in [6.07, 6.45) is -1.16. The van der Waals surface area contributed by atoms with Gasteiger partial charge in [0, 0.05) is 31.0 Å². The number of aromatic nitrogens is 2. The van der Waals surface area contributed by atoms with E-state index in [1.54, 1.807) is 48.5 Å². The van der Waals surface area contributed by atoms with Crippen LogP contribution >= 0.6 is 0 Å². The number of primary amides is 1. The summed E-state index contributed by atoms with van der Waals surface area (Å²) in [6.45, 7) is 0.328. The lowest BCUT2D eigenvalue weighted by Crippen LogP contribution is -2.25. The highest BCUT2D eigenvalue weighted by atomic mass is 32.2. The molecule has 4 rings (SSSR count). The number of ether oxygens (including phenoxy) is 4. The number of rotatable bonds is 13. The van der Waals surface area contributed by atoms with Gasteiger partial charge in [-0.2, -0.15) is 0 Å². The summed E-state index contributed by atoms with van der Waals surface area (Å²) in [5.74, 6) is 0.372. The van der Waals surface area contributed by atoms with Crippen LogP contribution in [0.4, 0.5) is 17.3 Å². The van der Waals surface area contributed by atoms with E-state index in [0.29, 0.717) is 28.2 Å². The van der Waals surface area contributed by atoms with Gasteiger partial charge >= 0.3 is 0 Å². The number of fused-ring (bicyclic) bond motifs is 1. The molecule has 40 heavy (non-hydrogen) atoms. The summed E-state index contributed by atoms with van der Waals surface area (Å²) in [4.78, 5) is 21.0. The highest BCUT2D eigenvalue weighted by molar-refractivity contribution is 7.92. The van der Waals surface area contributed by atoms with E-state index >= 15 is 0 Å².